The topological polar surface area (TPSA) is 58.6 Å². The van der Waals surface area contributed by atoms with Crippen molar-refractivity contribution in [3.05, 3.63) is 35.9 Å². The van der Waals surface area contributed by atoms with E-state index in [-0.39, 0.29) is 12.1 Å². The fourth-order valence-corrected chi connectivity index (χ4v) is 1.24. The lowest BCUT2D eigenvalue weighted by atomic mass is 10.2. The van der Waals surface area contributed by atoms with Gasteiger partial charge < -0.3 is 15.2 Å². The molecule has 0 bridgehead atoms. The molecule has 86 valence electrons. The summed E-state index contributed by atoms with van der Waals surface area (Å²) in [5.41, 5.74) is 2.01. The normalized spacial score (nSPS) is 9.62. The minimum Gasteiger partial charge on any atom is -0.497 e. The number of methoxy groups -OCH3 is 1. The van der Waals surface area contributed by atoms with Gasteiger partial charge in [0.2, 0.25) is 0 Å². The first-order valence-electron chi connectivity index (χ1n) is 4.84. The molecule has 16 heavy (non-hydrogen) atoms. The SMILES string of the molecule is C=C(CNc1ccc(OC)cc1C)C(=O)O. The molecule has 0 unspecified atom stereocenters. The molecule has 1 aromatic rings. The van der Waals surface area contributed by atoms with Crippen molar-refractivity contribution in [2.24, 2.45) is 0 Å². The molecular weight excluding hydrogens is 206 g/mol. The number of carbonyl (C=O) groups is 1. The Morgan fingerprint density at radius 1 is 1.56 bits per heavy atom. The predicted octanol–water partition coefficient (Wildman–Crippen LogP) is 2.06. The molecule has 0 atom stereocenters. The van der Waals surface area contributed by atoms with Gasteiger partial charge in [-0.3, -0.25) is 0 Å². The van der Waals surface area contributed by atoms with Gasteiger partial charge in [-0.25, -0.2) is 4.79 Å². The number of benzene rings is 1. The first kappa shape index (κ1) is 12.1. The van der Waals surface area contributed by atoms with E-state index in [0.29, 0.717) is 0 Å². The van der Waals surface area contributed by atoms with Gasteiger partial charge in [0.15, 0.2) is 0 Å². The Hall–Kier alpha value is -1.97. The molecule has 0 amide bonds. The van der Waals surface area contributed by atoms with Crippen molar-refractivity contribution in [1.29, 1.82) is 0 Å². The minimum absolute atomic E-state index is 0.134. The zero-order valence-electron chi connectivity index (χ0n) is 9.41. The van der Waals surface area contributed by atoms with Gasteiger partial charge in [-0.15, -0.1) is 0 Å². The van der Waals surface area contributed by atoms with Crippen LogP contribution in [0.3, 0.4) is 0 Å². The summed E-state index contributed by atoms with van der Waals surface area (Å²) in [6, 6.07) is 5.55. The van der Waals surface area contributed by atoms with E-state index in [9.17, 15) is 4.79 Å². The molecule has 0 fully saturated rings. The second-order valence-corrected chi connectivity index (χ2v) is 3.44. The fourth-order valence-electron chi connectivity index (χ4n) is 1.24. The number of rotatable bonds is 5. The van der Waals surface area contributed by atoms with E-state index in [0.717, 1.165) is 17.0 Å². The standard InChI is InChI=1S/C12H15NO3/c1-8-6-10(16-3)4-5-11(8)13-7-9(2)12(14)15/h4-6,13H,2,7H2,1,3H3,(H,14,15). The van der Waals surface area contributed by atoms with Crippen molar-refractivity contribution < 1.29 is 14.6 Å². The summed E-state index contributed by atoms with van der Waals surface area (Å²) in [5, 5.41) is 11.7. The third kappa shape index (κ3) is 3.02. The smallest absolute Gasteiger partial charge is 0.332 e. The van der Waals surface area contributed by atoms with Gasteiger partial charge in [0, 0.05) is 17.8 Å². The van der Waals surface area contributed by atoms with E-state index in [1.807, 2.05) is 25.1 Å². The van der Waals surface area contributed by atoms with Crippen LogP contribution in [0, 0.1) is 6.92 Å². The molecule has 0 radical (unpaired) electrons. The second kappa shape index (κ2) is 5.21. The highest BCUT2D eigenvalue weighted by molar-refractivity contribution is 5.86. The van der Waals surface area contributed by atoms with Crippen molar-refractivity contribution in [3.63, 3.8) is 0 Å². The lowest BCUT2D eigenvalue weighted by Crippen LogP contribution is -2.11. The molecule has 1 aromatic carbocycles. The summed E-state index contributed by atoms with van der Waals surface area (Å²) >= 11 is 0. The fraction of sp³-hybridized carbons (Fsp3) is 0.250. The van der Waals surface area contributed by atoms with Crippen LogP contribution < -0.4 is 10.1 Å². The number of aliphatic carboxylic acids is 1. The Morgan fingerprint density at radius 2 is 2.25 bits per heavy atom. The number of hydrogen-bond donors (Lipinski definition) is 2. The molecule has 0 saturated heterocycles. The quantitative estimate of drug-likeness (QED) is 0.747. The van der Waals surface area contributed by atoms with Crippen LogP contribution in [0.25, 0.3) is 0 Å². The van der Waals surface area contributed by atoms with E-state index >= 15 is 0 Å². The molecule has 0 heterocycles. The summed E-state index contributed by atoms with van der Waals surface area (Å²) in [5.74, 6) is -0.209. The summed E-state index contributed by atoms with van der Waals surface area (Å²) in [7, 11) is 1.61. The van der Waals surface area contributed by atoms with Gasteiger partial charge in [-0.2, -0.15) is 0 Å². The molecule has 2 N–H and O–H groups in total. The van der Waals surface area contributed by atoms with Gasteiger partial charge >= 0.3 is 5.97 Å². The molecule has 0 aliphatic heterocycles. The first-order valence-corrected chi connectivity index (χ1v) is 4.84. The van der Waals surface area contributed by atoms with Crippen LogP contribution in [0.5, 0.6) is 5.75 Å². The highest BCUT2D eigenvalue weighted by atomic mass is 16.5. The van der Waals surface area contributed by atoms with E-state index in [1.54, 1.807) is 7.11 Å². The van der Waals surface area contributed by atoms with Crippen LogP contribution in [0.1, 0.15) is 5.56 Å². The highest BCUT2D eigenvalue weighted by Crippen LogP contribution is 2.20. The third-order valence-electron chi connectivity index (χ3n) is 2.23. The lowest BCUT2D eigenvalue weighted by molar-refractivity contribution is -0.132. The Morgan fingerprint density at radius 3 is 2.75 bits per heavy atom. The molecule has 0 aromatic heterocycles. The summed E-state index contributed by atoms with van der Waals surface area (Å²) in [4.78, 5) is 10.5. The van der Waals surface area contributed by atoms with Crippen molar-refractivity contribution in [2.75, 3.05) is 19.0 Å². The number of ether oxygens (including phenoxy) is 1. The Kier molecular flexibility index (Phi) is 3.94. The van der Waals surface area contributed by atoms with Gasteiger partial charge in [0.05, 0.1) is 7.11 Å². The summed E-state index contributed by atoms with van der Waals surface area (Å²) < 4.78 is 5.07. The number of aryl methyl sites for hydroxylation is 1. The third-order valence-corrected chi connectivity index (χ3v) is 2.23. The largest absolute Gasteiger partial charge is 0.497 e. The van der Waals surface area contributed by atoms with Crippen molar-refractivity contribution in [2.45, 2.75) is 6.92 Å². The molecule has 1 rings (SSSR count). The summed E-state index contributed by atoms with van der Waals surface area (Å²) in [6.45, 7) is 5.60. The van der Waals surface area contributed by atoms with Crippen LogP contribution >= 0.6 is 0 Å². The molecule has 0 aliphatic rings. The van der Waals surface area contributed by atoms with Crippen molar-refractivity contribution in [1.82, 2.24) is 0 Å². The number of anilines is 1. The monoisotopic (exact) mass is 221 g/mol. The van der Waals surface area contributed by atoms with Gasteiger partial charge in [-0.1, -0.05) is 6.58 Å². The number of nitrogens with one attached hydrogen (secondary N) is 1. The van der Waals surface area contributed by atoms with Crippen molar-refractivity contribution >= 4 is 11.7 Å². The van der Waals surface area contributed by atoms with Gasteiger partial charge in [-0.05, 0) is 30.7 Å². The van der Waals surface area contributed by atoms with Crippen molar-refractivity contribution in [3.8, 4) is 5.75 Å². The summed E-state index contributed by atoms with van der Waals surface area (Å²) in [6.07, 6.45) is 0. The zero-order chi connectivity index (χ0) is 12.1. The van der Waals surface area contributed by atoms with Crippen LogP contribution in [-0.2, 0) is 4.79 Å². The maximum atomic E-state index is 10.5. The van der Waals surface area contributed by atoms with E-state index < -0.39 is 5.97 Å². The average Bonchev–Trinajstić information content (AvgIpc) is 2.26. The molecule has 4 heteroatoms. The van der Waals surface area contributed by atoms with Crippen LogP contribution in [-0.4, -0.2) is 24.7 Å². The molecule has 0 spiro atoms. The number of hydrogen-bond acceptors (Lipinski definition) is 3. The van der Waals surface area contributed by atoms with E-state index in [4.69, 9.17) is 9.84 Å². The van der Waals surface area contributed by atoms with Crippen LogP contribution in [0.2, 0.25) is 0 Å². The second-order valence-electron chi connectivity index (χ2n) is 3.44. The maximum Gasteiger partial charge on any atom is 0.332 e. The Bertz CT molecular complexity index is 413. The van der Waals surface area contributed by atoms with Crippen LogP contribution in [0.4, 0.5) is 5.69 Å². The first-order chi connectivity index (χ1) is 7.54. The predicted molar refractivity (Wildman–Crippen MR) is 63.0 cm³/mol. The Labute approximate surface area is 94.6 Å². The van der Waals surface area contributed by atoms with Gasteiger partial charge in [0.25, 0.3) is 0 Å². The zero-order valence-corrected chi connectivity index (χ0v) is 9.41. The maximum absolute atomic E-state index is 10.5. The van der Waals surface area contributed by atoms with Crippen LogP contribution in [0.15, 0.2) is 30.4 Å². The molecular formula is C12H15NO3. The number of carboxylic acid groups (broad SMARTS) is 1. The Balaban J connectivity index is 2.68. The average molecular weight is 221 g/mol. The molecule has 4 nitrogen and oxygen atoms in total. The highest BCUT2D eigenvalue weighted by Gasteiger charge is 2.05. The van der Waals surface area contributed by atoms with E-state index in [2.05, 4.69) is 11.9 Å². The molecule has 0 aliphatic carbocycles. The lowest BCUT2D eigenvalue weighted by Gasteiger charge is -2.10. The minimum atomic E-state index is -0.987. The molecule has 0 saturated carbocycles. The number of carboxylic acids is 1. The van der Waals surface area contributed by atoms with E-state index in [1.165, 1.54) is 0 Å². The van der Waals surface area contributed by atoms with Gasteiger partial charge in [0.1, 0.15) is 5.75 Å².